The lowest BCUT2D eigenvalue weighted by Crippen LogP contribution is -2.22. The second-order valence-electron chi connectivity index (χ2n) is 4.67. The fourth-order valence-corrected chi connectivity index (χ4v) is 1.98. The molecule has 1 aromatic heterocycles. The summed E-state index contributed by atoms with van der Waals surface area (Å²) in [6.07, 6.45) is 0. The van der Waals surface area contributed by atoms with Crippen LogP contribution < -0.4 is 5.32 Å². The molecule has 4 nitrogen and oxygen atoms in total. The summed E-state index contributed by atoms with van der Waals surface area (Å²) < 4.78 is 5.34. The van der Waals surface area contributed by atoms with Gasteiger partial charge in [-0.2, -0.15) is 0 Å². The molecule has 0 saturated carbocycles. The van der Waals surface area contributed by atoms with Gasteiger partial charge in [-0.05, 0) is 37.6 Å². The third-order valence-electron chi connectivity index (χ3n) is 3.00. The number of hydrogen-bond donors (Lipinski definition) is 2. The third-order valence-corrected chi connectivity index (χ3v) is 3.00. The number of nitrogens with one attached hydrogen (secondary N) is 1. The number of hydrogen-bond acceptors (Lipinski definition) is 3. The van der Waals surface area contributed by atoms with E-state index in [4.69, 9.17) is 9.52 Å². The van der Waals surface area contributed by atoms with Crippen molar-refractivity contribution in [2.45, 2.75) is 20.4 Å². The highest BCUT2D eigenvalue weighted by molar-refractivity contribution is 5.95. The molecule has 0 spiro atoms. The maximum atomic E-state index is 12.0. The van der Waals surface area contributed by atoms with Crippen LogP contribution in [0.1, 0.15) is 33.0 Å². The van der Waals surface area contributed by atoms with Gasteiger partial charge in [-0.15, -0.1) is 0 Å². The lowest BCUT2D eigenvalue weighted by Gasteiger charge is -2.04. The predicted octanol–water partition coefficient (Wildman–Crippen LogP) is 2.17. The first kappa shape index (κ1) is 14.9. The zero-order valence-electron chi connectivity index (χ0n) is 12.1. The summed E-state index contributed by atoms with van der Waals surface area (Å²) in [4.78, 5) is 12.0. The monoisotopic (exact) mass is 283 g/mol. The Labute approximate surface area is 123 Å². The maximum absolute atomic E-state index is 12.0. The molecule has 0 saturated heterocycles. The molecule has 2 N–H and O–H groups in total. The van der Waals surface area contributed by atoms with E-state index in [0.29, 0.717) is 17.9 Å². The van der Waals surface area contributed by atoms with E-state index in [-0.39, 0.29) is 12.5 Å². The molecule has 4 heteroatoms. The van der Waals surface area contributed by atoms with Crippen LogP contribution >= 0.6 is 0 Å². The minimum Gasteiger partial charge on any atom is -0.466 e. The van der Waals surface area contributed by atoms with Gasteiger partial charge in [0, 0.05) is 12.1 Å². The Bertz CT molecular complexity index is 687. The molecule has 1 aromatic carbocycles. The number of rotatable bonds is 3. The summed E-state index contributed by atoms with van der Waals surface area (Å²) >= 11 is 0. The van der Waals surface area contributed by atoms with Gasteiger partial charge in [-0.3, -0.25) is 4.79 Å². The minimum absolute atomic E-state index is 0.145. The first-order valence-electron chi connectivity index (χ1n) is 6.64. The van der Waals surface area contributed by atoms with Crippen LogP contribution in [0, 0.1) is 25.7 Å². The Morgan fingerprint density at radius 2 is 2.00 bits per heavy atom. The van der Waals surface area contributed by atoms with Crippen molar-refractivity contribution in [1.29, 1.82) is 0 Å². The molecule has 0 radical (unpaired) electrons. The van der Waals surface area contributed by atoms with E-state index in [0.717, 1.165) is 16.9 Å². The fraction of sp³-hybridized carbons (Fsp3) is 0.235. The Morgan fingerprint density at radius 1 is 1.29 bits per heavy atom. The van der Waals surface area contributed by atoms with Crippen molar-refractivity contribution >= 4 is 5.91 Å². The highest BCUT2D eigenvalue weighted by Gasteiger charge is 2.12. The fourth-order valence-electron chi connectivity index (χ4n) is 1.98. The summed E-state index contributed by atoms with van der Waals surface area (Å²) in [7, 11) is 0. The molecule has 108 valence electrons. The number of benzene rings is 1. The predicted molar refractivity (Wildman–Crippen MR) is 79.8 cm³/mol. The topological polar surface area (TPSA) is 62.5 Å². The number of amides is 1. The van der Waals surface area contributed by atoms with Gasteiger partial charge in [0.05, 0.1) is 5.56 Å². The van der Waals surface area contributed by atoms with Crippen LogP contribution in [0.5, 0.6) is 0 Å². The molecule has 21 heavy (non-hydrogen) atoms. The Morgan fingerprint density at radius 3 is 2.57 bits per heavy atom. The lowest BCUT2D eigenvalue weighted by atomic mass is 10.1. The largest absolute Gasteiger partial charge is 0.466 e. The molecule has 0 aliphatic carbocycles. The van der Waals surface area contributed by atoms with Crippen molar-refractivity contribution in [2.75, 3.05) is 6.61 Å². The minimum atomic E-state index is -0.152. The van der Waals surface area contributed by atoms with Crippen LogP contribution in [-0.4, -0.2) is 17.6 Å². The van der Waals surface area contributed by atoms with Gasteiger partial charge in [0.15, 0.2) is 0 Å². The van der Waals surface area contributed by atoms with Crippen molar-refractivity contribution in [3.05, 3.63) is 58.5 Å². The van der Waals surface area contributed by atoms with Crippen molar-refractivity contribution in [1.82, 2.24) is 5.32 Å². The first-order valence-corrected chi connectivity index (χ1v) is 6.64. The molecular formula is C17H17NO3. The van der Waals surface area contributed by atoms with Crippen LogP contribution in [0.25, 0.3) is 0 Å². The quantitative estimate of drug-likeness (QED) is 0.849. The zero-order valence-corrected chi connectivity index (χ0v) is 12.1. The van der Waals surface area contributed by atoms with Crippen LogP contribution in [0.3, 0.4) is 0 Å². The van der Waals surface area contributed by atoms with Gasteiger partial charge in [-0.25, -0.2) is 0 Å². The number of carbonyl (C=O) groups is 1. The second-order valence-corrected chi connectivity index (χ2v) is 4.67. The molecule has 0 unspecified atom stereocenters. The molecule has 0 atom stereocenters. The molecule has 0 aliphatic heterocycles. The summed E-state index contributed by atoms with van der Waals surface area (Å²) in [5.74, 6) is 6.62. The third kappa shape index (κ3) is 3.98. The van der Waals surface area contributed by atoms with E-state index >= 15 is 0 Å². The van der Waals surface area contributed by atoms with Crippen molar-refractivity contribution < 1.29 is 14.3 Å². The average Bonchev–Trinajstić information content (AvgIpc) is 2.82. The van der Waals surface area contributed by atoms with Crippen LogP contribution in [0.4, 0.5) is 0 Å². The Hall–Kier alpha value is -2.51. The van der Waals surface area contributed by atoms with E-state index < -0.39 is 0 Å². The van der Waals surface area contributed by atoms with Crippen molar-refractivity contribution in [3.63, 3.8) is 0 Å². The van der Waals surface area contributed by atoms with Gasteiger partial charge >= 0.3 is 0 Å². The Balaban J connectivity index is 1.96. The summed E-state index contributed by atoms with van der Waals surface area (Å²) in [5, 5.41) is 11.5. The molecule has 2 rings (SSSR count). The highest BCUT2D eigenvalue weighted by atomic mass is 16.3. The molecular weight excluding hydrogens is 266 g/mol. The van der Waals surface area contributed by atoms with E-state index in [9.17, 15) is 4.79 Å². The number of furan rings is 1. The van der Waals surface area contributed by atoms with Crippen molar-refractivity contribution in [2.24, 2.45) is 0 Å². The van der Waals surface area contributed by atoms with Gasteiger partial charge in [0.2, 0.25) is 0 Å². The first-order chi connectivity index (χ1) is 10.1. The molecule has 1 amide bonds. The van der Waals surface area contributed by atoms with Gasteiger partial charge in [-0.1, -0.05) is 24.0 Å². The second kappa shape index (κ2) is 6.78. The number of aliphatic hydroxyl groups is 1. The average molecular weight is 283 g/mol. The Kier molecular flexibility index (Phi) is 4.81. The molecule has 0 aliphatic rings. The molecule has 0 fully saturated rings. The molecule has 0 bridgehead atoms. The normalized spacial score (nSPS) is 9.86. The highest BCUT2D eigenvalue weighted by Crippen LogP contribution is 2.13. The van der Waals surface area contributed by atoms with E-state index in [1.165, 1.54) is 0 Å². The van der Waals surface area contributed by atoms with Gasteiger partial charge < -0.3 is 14.8 Å². The maximum Gasteiger partial charge on any atom is 0.255 e. The van der Waals surface area contributed by atoms with E-state index in [1.54, 1.807) is 13.0 Å². The molecule has 2 aromatic rings. The smallest absolute Gasteiger partial charge is 0.255 e. The van der Waals surface area contributed by atoms with Crippen molar-refractivity contribution in [3.8, 4) is 11.8 Å². The SMILES string of the molecule is Cc1cc(C(=O)NCc2ccc(C#CCO)cc2)c(C)o1. The number of aryl methyl sites for hydroxylation is 2. The van der Waals surface area contributed by atoms with Crippen LogP contribution in [0.15, 0.2) is 34.7 Å². The summed E-state index contributed by atoms with van der Waals surface area (Å²) in [5.41, 5.74) is 2.38. The molecule has 1 heterocycles. The number of aliphatic hydroxyl groups excluding tert-OH is 1. The van der Waals surface area contributed by atoms with E-state index in [2.05, 4.69) is 17.2 Å². The van der Waals surface area contributed by atoms with Crippen LogP contribution in [0.2, 0.25) is 0 Å². The number of carbonyl (C=O) groups excluding carboxylic acids is 1. The van der Waals surface area contributed by atoms with Gasteiger partial charge in [0.1, 0.15) is 18.1 Å². The van der Waals surface area contributed by atoms with E-state index in [1.807, 2.05) is 31.2 Å². The van der Waals surface area contributed by atoms with Crippen LogP contribution in [-0.2, 0) is 6.54 Å². The summed E-state index contributed by atoms with van der Waals surface area (Å²) in [6.45, 7) is 3.88. The standard InChI is InChI=1S/C17H17NO3/c1-12-10-16(13(2)21-12)17(20)18-11-15-7-5-14(6-8-15)4-3-9-19/h5-8,10,19H,9,11H2,1-2H3,(H,18,20). The lowest BCUT2D eigenvalue weighted by molar-refractivity contribution is 0.0949. The van der Waals surface area contributed by atoms with Gasteiger partial charge in [0.25, 0.3) is 5.91 Å². The summed E-state index contributed by atoms with van der Waals surface area (Å²) in [6, 6.07) is 9.25. The zero-order chi connectivity index (χ0) is 15.2.